The molecule has 0 fully saturated rings. The molecular formula is C19H17N5O2. The number of ether oxygens (including phenoxy) is 1. The Balaban J connectivity index is 1.93. The number of rotatable bonds is 4. The maximum atomic E-state index is 12.5. The average molecular weight is 347 g/mol. The van der Waals surface area contributed by atoms with E-state index in [2.05, 4.69) is 4.99 Å². The molecule has 7 heteroatoms. The number of nitrogens with one attached hydrogen (secondary N) is 1. The zero-order valence-electron chi connectivity index (χ0n) is 13.8. The third-order valence-corrected chi connectivity index (χ3v) is 3.70. The first-order valence-corrected chi connectivity index (χ1v) is 7.73. The van der Waals surface area contributed by atoms with Crippen LogP contribution in [0.1, 0.15) is 15.9 Å². The van der Waals surface area contributed by atoms with Gasteiger partial charge >= 0.3 is 5.97 Å². The summed E-state index contributed by atoms with van der Waals surface area (Å²) in [6, 6.07) is 17.6. The number of nitrogens with two attached hydrogens (primary N) is 3. The molecule has 0 aliphatic carbocycles. The van der Waals surface area contributed by atoms with Crippen LogP contribution in [0, 0.1) is 5.41 Å². The number of nitrogens with zero attached hydrogens (tertiary/aromatic N) is 1. The van der Waals surface area contributed by atoms with Crippen molar-refractivity contribution in [1.82, 2.24) is 0 Å². The Bertz CT molecular complexity index is 1040. The minimum Gasteiger partial charge on any atom is -0.423 e. The van der Waals surface area contributed by atoms with E-state index in [1.54, 1.807) is 18.2 Å². The van der Waals surface area contributed by atoms with Gasteiger partial charge in [0.1, 0.15) is 11.6 Å². The number of benzene rings is 3. The van der Waals surface area contributed by atoms with Crippen LogP contribution in [0.5, 0.6) is 5.75 Å². The van der Waals surface area contributed by atoms with Gasteiger partial charge in [-0.1, -0.05) is 30.3 Å². The smallest absolute Gasteiger partial charge is 0.344 e. The highest BCUT2D eigenvalue weighted by molar-refractivity contribution is 6.07. The van der Waals surface area contributed by atoms with E-state index < -0.39 is 5.97 Å². The van der Waals surface area contributed by atoms with Gasteiger partial charge in [0.15, 0.2) is 5.96 Å². The number of amidine groups is 1. The molecular weight excluding hydrogens is 330 g/mol. The second-order valence-corrected chi connectivity index (χ2v) is 5.58. The minimum atomic E-state index is -0.623. The zero-order valence-corrected chi connectivity index (χ0v) is 13.8. The zero-order chi connectivity index (χ0) is 18.7. The fourth-order valence-electron chi connectivity index (χ4n) is 2.54. The number of carbonyl (C=O) groups is 1. The Kier molecular flexibility index (Phi) is 4.53. The largest absolute Gasteiger partial charge is 0.423 e. The summed E-state index contributed by atoms with van der Waals surface area (Å²) < 4.78 is 5.44. The molecule has 0 aromatic heterocycles. The maximum absolute atomic E-state index is 12.5. The minimum absolute atomic E-state index is 0.133. The van der Waals surface area contributed by atoms with Crippen molar-refractivity contribution in [1.29, 1.82) is 5.41 Å². The van der Waals surface area contributed by atoms with Crippen LogP contribution in [-0.4, -0.2) is 17.8 Å². The summed E-state index contributed by atoms with van der Waals surface area (Å²) in [5.41, 5.74) is 17.0. The Morgan fingerprint density at radius 2 is 1.62 bits per heavy atom. The van der Waals surface area contributed by atoms with E-state index in [9.17, 15) is 4.79 Å². The Morgan fingerprint density at radius 1 is 0.885 bits per heavy atom. The first-order valence-electron chi connectivity index (χ1n) is 7.73. The van der Waals surface area contributed by atoms with E-state index in [-0.39, 0.29) is 22.9 Å². The van der Waals surface area contributed by atoms with Gasteiger partial charge in [0.2, 0.25) is 0 Å². The molecule has 0 unspecified atom stereocenters. The van der Waals surface area contributed by atoms with Crippen molar-refractivity contribution in [3.8, 4) is 5.75 Å². The molecule has 0 bridgehead atoms. The van der Waals surface area contributed by atoms with Crippen LogP contribution in [-0.2, 0) is 0 Å². The van der Waals surface area contributed by atoms with Crippen molar-refractivity contribution in [2.75, 3.05) is 0 Å². The van der Waals surface area contributed by atoms with Gasteiger partial charge in [0.05, 0.1) is 11.3 Å². The van der Waals surface area contributed by atoms with Gasteiger partial charge in [-0.3, -0.25) is 5.41 Å². The van der Waals surface area contributed by atoms with E-state index in [4.69, 9.17) is 27.3 Å². The van der Waals surface area contributed by atoms with Crippen LogP contribution in [0.25, 0.3) is 10.8 Å². The van der Waals surface area contributed by atoms with Gasteiger partial charge in [0.25, 0.3) is 0 Å². The topological polar surface area (TPSA) is 141 Å². The standard InChI is InChI=1S/C19H17N5O2/c20-17(21)16-10-13(24-19(22)23)6-8-15(16)18(25)26-14-7-5-11-3-1-2-4-12(11)9-14/h1-10H,(H3,20,21)(H4,22,23,24). The third-order valence-electron chi connectivity index (χ3n) is 3.70. The Morgan fingerprint density at radius 3 is 2.31 bits per heavy atom. The van der Waals surface area contributed by atoms with Crippen molar-refractivity contribution in [3.05, 3.63) is 71.8 Å². The Labute approximate surface area is 149 Å². The van der Waals surface area contributed by atoms with Gasteiger partial charge in [-0.25, -0.2) is 9.79 Å². The van der Waals surface area contributed by atoms with Gasteiger partial charge < -0.3 is 21.9 Å². The molecule has 0 atom stereocenters. The lowest BCUT2D eigenvalue weighted by Gasteiger charge is -2.10. The van der Waals surface area contributed by atoms with Crippen LogP contribution in [0.2, 0.25) is 0 Å². The normalized spacial score (nSPS) is 10.3. The quantitative estimate of drug-likeness (QED) is 0.248. The molecule has 0 amide bonds. The summed E-state index contributed by atoms with van der Waals surface area (Å²) in [6.45, 7) is 0. The van der Waals surface area contributed by atoms with E-state index in [0.29, 0.717) is 11.4 Å². The molecule has 3 rings (SSSR count). The van der Waals surface area contributed by atoms with Crippen molar-refractivity contribution in [3.63, 3.8) is 0 Å². The number of hydrogen-bond acceptors (Lipinski definition) is 4. The van der Waals surface area contributed by atoms with Crippen molar-refractivity contribution < 1.29 is 9.53 Å². The SMILES string of the molecule is N=C(N)c1cc(N=C(N)N)ccc1C(=O)Oc1ccc2ccccc2c1. The predicted molar refractivity (Wildman–Crippen MR) is 102 cm³/mol. The van der Waals surface area contributed by atoms with Gasteiger partial charge in [-0.2, -0.15) is 0 Å². The molecule has 0 heterocycles. The molecule has 0 aliphatic heterocycles. The molecule has 0 saturated heterocycles. The highest BCUT2D eigenvalue weighted by Gasteiger charge is 2.16. The van der Waals surface area contributed by atoms with Crippen molar-refractivity contribution in [2.24, 2.45) is 22.2 Å². The maximum Gasteiger partial charge on any atom is 0.344 e. The van der Waals surface area contributed by atoms with E-state index in [1.807, 2.05) is 30.3 Å². The number of carbonyl (C=O) groups excluding carboxylic acids is 1. The predicted octanol–water partition coefficient (Wildman–Crippen LogP) is 2.25. The summed E-state index contributed by atoms with van der Waals surface area (Å²) in [7, 11) is 0. The van der Waals surface area contributed by atoms with Crippen LogP contribution in [0.3, 0.4) is 0 Å². The van der Waals surface area contributed by atoms with Crippen LogP contribution in [0.4, 0.5) is 5.69 Å². The lowest BCUT2D eigenvalue weighted by molar-refractivity contribution is 0.0735. The molecule has 7 N–H and O–H groups in total. The van der Waals surface area contributed by atoms with E-state index >= 15 is 0 Å². The molecule has 7 nitrogen and oxygen atoms in total. The summed E-state index contributed by atoms with van der Waals surface area (Å²) in [5, 5.41) is 9.69. The van der Waals surface area contributed by atoms with Gasteiger partial charge in [-0.15, -0.1) is 0 Å². The van der Waals surface area contributed by atoms with Crippen molar-refractivity contribution >= 4 is 34.2 Å². The van der Waals surface area contributed by atoms with Crippen LogP contribution in [0.15, 0.2) is 65.7 Å². The summed E-state index contributed by atoms with van der Waals surface area (Å²) >= 11 is 0. The molecule has 130 valence electrons. The molecule has 0 aliphatic rings. The molecule has 3 aromatic rings. The average Bonchev–Trinajstić information content (AvgIpc) is 2.61. The summed E-state index contributed by atoms with van der Waals surface area (Å²) in [5.74, 6) is -0.646. The van der Waals surface area contributed by atoms with Gasteiger partial charge in [-0.05, 0) is 41.1 Å². The fraction of sp³-hybridized carbons (Fsp3) is 0. The Hall–Kier alpha value is -3.87. The molecule has 3 aromatic carbocycles. The van der Waals surface area contributed by atoms with E-state index in [1.165, 1.54) is 12.1 Å². The highest BCUT2D eigenvalue weighted by atomic mass is 16.5. The first-order chi connectivity index (χ1) is 12.4. The highest BCUT2D eigenvalue weighted by Crippen LogP contribution is 2.23. The van der Waals surface area contributed by atoms with Gasteiger partial charge in [0, 0.05) is 5.56 Å². The fourth-order valence-corrected chi connectivity index (χ4v) is 2.54. The monoisotopic (exact) mass is 347 g/mol. The lowest BCUT2D eigenvalue weighted by atomic mass is 10.1. The summed E-state index contributed by atoms with van der Waals surface area (Å²) in [4.78, 5) is 16.4. The van der Waals surface area contributed by atoms with Crippen LogP contribution >= 0.6 is 0 Å². The number of aliphatic imine (C=N–C) groups is 1. The first kappa shape index (κ1) is 17.0. The number of esters is 1. The number of nitrogen functional groups attached to an aromatic ring is 1. The lowest BCUT2D eigenvalue weighted by Crippen LogP contribution is -2.22. The second-order valence-electron chi connectivity index (χ2n) is 5.58. The molecule has 26 heavy (non-hydrogen) atoms. The van der Waals surface area contributed by atoms with E-state index in [0.717, 1.165) is 10.8 Å². The molecule has 0 radical (unpaired) electrons. The number of hydrogen-bond donors (Lipinski definition) is 4. The number of fused-ring (bicyclic) bond motifs is 1. The summed E-state index contributed by atoms with van der Waals surface area (Å²) in [6.07, 6.45) is 0. The second kappa shape index (κ2) is 6.94. The molecule has 0 saturated carbocycles. The molecule has 0 spiro atoms. The number of guanidine groups is 1. The van der Waals surface area contributed by atoms with Crippen LogP contribution < -0.4 is 21.9 Å². The third kappa shape index (κ3) is 3.62. The van der Waals surface area contributed by atoms with Crippen molar-refractivity contribution in [2.45, 2.75) is 0 Å².